The molecule has 7 nitrogen and oxygen atoms in total. The summed E-state index contributed by atoms with van der Waals surface area (Å²) in [5.41, 5.74) is 0. The van der Waals surface area contributed by atoms with Crippen molar-refractivity contribution in [3.63, 3.8) is 0 Å². The monoisotopic (exact) mass is 379 g/mol. The molecule has 0 spiro atoms. The molecule has 2 N–H and O–H groups in total. The fraction of sp³-hybridized carbons (Fsp3) is 0.533. The highest BCUT2D eigenvalue weighted by Gasteiger charge is 2.27. The van der Waals surface area contributed by atoms with Gasteiger partial charge in [0.15, 0.2) is 0 Å². The number of carboxylic acids is 1. The van der Waals surface area contributed by atoms with Crippen LogP contribution < -0.4 is 9.46 Å². The summed E-state index contributed by atoms with van der Waals surface area (Å²) in [6.07, 6.45) is 1.29. The predicted molar refractivity (Wildman–Crippen MR) is 90.1 cm³/mol. The number of ether oxygens (including phenoxy) is 2. The lowest BCUT2D eigenvalue weighted by Crippen LogP contribution is -2.40. The molecule has 0 bridgehead atoms. The highest BCUT2D eigenvalue weighted by molar-refractivity contribution is 7.89. The van der Waals surface area contributed by atoms with Gasteiger partial charge in [-0.3, -0.25) is 4.79 Å². The number of hydrogen-bond acceptors (Lipinski definition) is 5. The lowest BCUT2D eigenvalue weighted by molar-refractivity contribution is -0.139. The lowest BCUT2D eigenvalue weighted by atomic mass is 10.2. The molecule has 0 aliphatic rings. The number of rotatable bonds is 11. The molecule has 1 atom stereocenters. The van der Waals surface area contributed by atoms with Crippen LogP contribution in [0.4, 0.5) is 0 Å². The van der Waals surface area contributed by atoms with Crippen molar-refractivity contribution < 1.29 is 27.8 Å². The molecule has 0 radical (unpaired) electrons. The van der Waals surface area contributed by atoms with Crippen molar-refractivity contribution in [2.75, 3.05) is 20.3 Å². The summed E-state index contributed by atoms with van der Waals surface area (Å²) < 4.78 is 37.7. The summed E-state index contributed by atoms with van der Waals surface area (Å²) in [5.74, 6) is -1.12. The minimum atomic E-state index is -4.09. The zero-order valence-corrected chi connectivity index (χ0v) is 15.2. The standard InChI is InChI=1S/C15H22ClNO6S/c1-3-5-12(15(18)19)17-24(20,21)14-10-11(16)6-7-13(14)23-9-4-8-22-2/h6-7,10,12,17H,3-5,8-9H2,1-2H3,(H,18,19). The minimum Gasteiger partial charge on any atom is -0.492 e. The van der Waals surface area contributed by atoms with Crippen molar-refractivity contribution in [2.24, 2.45) is 0 Å². The van der Waals surface area contributed by atoms with Crippen molar-refractivity contribution in [3.05, 3.63) is 23.2 Å². The van der Waals surface area contributed by atoms with E-state index < -0.39 is 22.0 Å². The maximum absolute atomic E-state index is 12.5. The van der Waals surface area contributed by atoms with Crippen LogP contribution in [0.3, 0.4) is 0 Å². The van der Waals surface area contributed by atoms with E-state index in [2.05, 4.69) is 4.72 Å². The van der Waals surface area contributed by atoms with Crippen molar-refractivity contribution in [2.45, 2.75) is 37.1 Å². The number of hydrogen-bond donors (Lipinski definition) is 2. The maximum atomic E-state index is 12.5. The molecule has 0 aromatic heterocycles. The largest absolute Gasteiger partial charge is 0.492 e. The molecule has 0 aliphatic heterocycles. The zero-order valence-electron chi connectivity index (χ0n) is 13.6. The Kier molecular flexibility index (Phi) is 8.47. The van der Waals surface area contributed by atoms with Gasteiger partial charge in [-0.2, -0.15) is 4.72 Å². The van der Waals surface area contributed by atoms with Crippen molar-refractivity contribution in [3.8, 4) is 5.75 Å². The summed E-state index contributed by atoms with van der Waals surface area (Å²) >= 11 is 5.88. The van der Waals surface area contributed by atoms with Gasteiger partial charge < -0.3 is 14.6 Å². The molecule has 0 aliphatic carbocycles. The molecule has 24 heavy (non-hydrogen) atoms. The molecule has 0 saturated carbocycles. The van der Waals surface area contributed by atoms with Crippen molar-refractivity contribution in [1.29, 1.82) is 0 Å². The number of methoxy groups -OCH3 is 1. The summed E-state index contributed by atoms with van der Waals surface area (Å²) in [6, 6.07) is 2.98. The first kappa shape index (κ1) is 20.7. The van der Waals surface area contributed by atoms with E-state index in [1.165, 1.54) is 18.2 Å². The Morgan fingerprint density at radius 3 is 2.67 bits per heavy atom. The summed E-state index contributed by atoms with van der Waals surface area (Å²) in [4.78, 5) is 11.0. The third kappa shape index (κ3) is 6.27. The third-order valence-corrected chi connectivity index (χ3v) is 4.85. The molecule has 1 aromatic carbocycles. The van der Waals surface area contributed by atoms with Crippen LogP contribution >= 0.6 is 11.6 Å². The number of halogens is 1. The van der Waals surface area contributed by atoms with Gasteiger partial charge in [-0.1, -0.05) is 24.9 Å². The van der Waals surface area contributed by atoms with Crippen LogP contribution in [0, 0.1) is 0 Å². The summed E-state index contributed by atoms with van der Waals surface area (Å²) in [6.45, 7) is 2.51. The van der Waals surface area contributed by atoms with Gasteiger partial charge in [0.25, 0.3) is 0 Å². The highest BCUT2D eigenvalue weighted by atomic mass is 35.5. The second-order valence-corrected chi connectivity index (χ2v) is 7.21. The first-order chi connectivity index (χ1) is 11.3. The Morgan fingerprint density at radius 1 is 1.38 bits per heavy atom. The van der Waals surface area contributed by atoms with Gasteiger partial charge >= 0.3 is 5.97 Å². The Labute approximate surface area is 147 Å². The minimum absolute atomic E-state index is 0.114. The molecule has 0 amide bonds. The Hall–Kier alpha value is -1.35. The fourth-order valence-electron chi connectivity index (χ4n) is 1.97. The number of carbonyl (C=O) groups is 1. The number of aliphatic carboxylic acids is 1. The molecule has 1 unspecified atom stereocenters. The predicted octanol–water partition coefficient (Wildman–Crippen LogP) is 2.29. The van der Waals surface area contributed by atoms with Crippen LogP contribution in [0.1, 0.15) is 26.2 Å². The molecule has 9 heteroatoms. The van der Waals surface area contributed by atoms with Gasteiger partial charge in [-0.05, 0) is 24.6 Å². The van der Waals surface area contributed by atoms with E-state index in [1.807, 2.05) is 0 Å². The van der Waals surface area contributed by atoms with Gasteiger partial charge in [0.2, 0.25) is 10.0 Å². The van der Waals surface area contributed by atoms with E-state index in [0.29, 0.717) is 19.4 Å². The normalized spacial score (nSPS) is 12.8. The average molecular weight is 380 g/mol. The molecular formula is C15H22ClNO6S. The number of benzene rings is 1. The first-order valence-electron chi connectivity index (χ1n) is 7.48. The lowest BCUT2D eigenvalue weighted by Gasteiger charge is -2.16. The Balaban J connectivity index is 3.03. The fourth-order valence-corrected chi connectivity index (χ4v) is 3.60. The maximum Gasteiger partial charge on any atom is 0.321 e. The Bertz CT molecular complexity index is 649. The number of sulfonamides is 1. The van der Waals surface area contributed by atoms with Gasteiger partial charge in [-0.25, -0.2) is 8.42 Å². The Morgan fingerprint density at radius 2 is 2.08 bits per heavy atom. The molecule has 1 aromatic rings. The molecule has 1 rings (SSSR count). The molecule has 0 fully saturated rings. The molecular weight excluding hydrogens is 358 g/mol. The van der Waals surface area contributed by atoms with Crippen LogP contribution in [0.25, 0.3) is 0 Å². The number of nitrogens with one attached hydrogen (secondary N) is 1. The first-order valence-corrected chi connectivity index (χ1v) is 9.34. The molecule has 136 valence electrons. The summed E-state index contributed by atoms with van der Waals surface area (Å²) in [5, 5.41) is 9.35. The van der Waals surface area contributed by atoms with Crippen LogP contribution in [0.2, 0.25) is 5.02 Å². The third-order valence-electron chi connectivity index (χ3n) is 3.12. The van der Waals surface area contributed by atoms with Gasteiger partial charge in [-0.15, -0.1) is 0 Å². The zero-order chi connectivity index (χ0) is 18.2. The second kappa shape index (κ2) is 9.83. The van der Waals surface area contributed by atoms with E-state index in [4.69, 9.17) is 26.2 Å². The van der Waals surface area contributed by atoms with Gasteiger partial charge in [0.1, 0.15) is 16.7 Å². The van der Waals surface area contributed by atoms with E-state index in [9.17, 15) is 13.2 Å². The van der Waals surface area contributed by atoms with E-state index in [1.54, 1.807) is 14.0 Å². The van der Waals surface area contributed by atoms with Crippen LogP contribution in [0.5, 0.6) is 5.75 Å². The summed E-state index contributed by atoms with van der Waals surface area (Å²) in [7, 11) is -2.54. The smallest absolute Gasteiger partial charge is 0.321 e. The van der Waals surface area contributed by atoms with Crippen molar-refractivity contribution in [1.82, 2.24) is 4.72 Å². The quantitative estimate of drug-likeness (QED) is 0.572. The molecule has 0 saturated heterocycles. The van der Waals surface area contributed by atoms with E-state index in [0.717, 1.165) is 0 Å². The van der Waals surface area contributed by atoms with Crippen LogP contribution in [0.15, 0.2) is 23.1 Å². The van der Waals surface area contributed by atoms with Gasteiger partial charge in [0, 0.05) is 25.2 Å². The van der Waals surface area contributed by atoms with E-state index in [-0.39, 0.29) is 28.7 Å². The van der Waals surface area contributed by atoms with E-state index >= 15 is 0 Å². The van der Waals surface area contributed by atoms with Gasteiger partial charge in [0.05, 0.1) is 6.61 Å². The van der Waals surface area contributed by atoms with Crippen LogP contribution in [-0.2, 0) is 19.6 Å². The number of carboxylic acid groups (broad SMARTS) is 1. The van der Waals surface area contributed by atoms with Crippen molar-refractivity contribution >= 4 is 27.6 Å². The molecule has 0 heterocycles. The second-order valence-electron chi connectivity index (χ2n) is 5.09. The highest BCUT2D eigenvalue weighted by Crippen LogP contribution is 2.27. The SMILES string of the molecule is CCCC(NS(=O)(=O)c1cc(Cl)ccc1OCCCOC)C(=O)O. The topological polar surface area (TPSA) is 102 Å². The van der Waals surface area contributed by atoms with Crippen LogP contribution in [-0.4, -0.2) is 45.9 Å². The average Bonchev–Trinajstić information content (AvgIpc) is 2.52.